The van der Waals surface area contributed by atoms with Gasteiger partial charge in [0.1, 0.15) is 0 Å². The van der Waals surface area contributed by atoms with Crippen molar-refractivity contribution in [3.8, 4) is 0 Å². The molecule has 0 bridgehead atoms. The molecule has 2 rings (SSSR count). The van der Waals surface area contributed by atoms with Crippen LogP contribution in [0.15, 0.2) is 30.3 Å². The van der Waals surface area contributed by atoms with E-state index < -0.39 is 5.97 Å². The molecule has 1 aromatic heterocycles. The number of nitrogens with zero attached hydrogens (tertiary/aromatic N) is 4. The van der Waals surface area contributed by atoms with Crippen molar-refractivity contribution in [3.63, 3.8) is 0 Å². The number of aromatic nitrogens is 4. The number of aryl methyl sites for hydroxylation is 2. The maximum Gasteiger partial charge on any atom is 0.327 e. The minimum Gasteiger partial charge on any atom is -0.480 e. The fourth-order valence-corrected chi connectivity index (χ4v) is 1.47. The first-order valence-electron chi connectivity index (χ1n) is 5.26. The molecule has 0 spiro atoms. The molecule has 88 valence electrons. The lowest BCUT2D eigenvalue weighted by molar-refractivity contribution is -0.138. The Hall–Kier alpha value is -2.24. The highest BCUT2D eigenvalue weighted by Crippen LogP contribution is 2.02. The number of benzene rings is 1. The highest BCUT2D eigenvalue weighted by molar-refractivity contribution is 5.66. The van der Waals surface area contributed by atoms with E-state index in [2.05, 4.69) is 15.4 Å². The van der Waals surface area contributed by atoms with E-state index in [-0.39, 0.29) is 6.54 Å². The van der Waals surface area contributed by atoms with Gasteiger partial charge in [0, 0.05) is 6.42 Å². The highest BCUT2D eigenvalue weighted by atomic mass is 16.4. The molecule has 1 aromatic carbocycles. The monoisotopic (exact) mass is 232 g/mol. The van der Waals surface area contributed by atoms with Gasteiger partial charge in [0.15, 0.2) is 12.4 Å². The maximum absolute atomic E-state index is 10.4. The van der Waals surface area contributed by atoms with Crippen LogP contribution < -0.4 is 0 Å². The summed E-state index contributed by atoms with van der Waals surface area (Å²) < 4.78 is 0. The zero-order valence-electron chi connectivity index (χ0n) is 9.15. The lowest BCUT2D eigenvalue weighted by Gasteiger charge is -1.96. The van der Waals surface area contributed by atoms with E-state index in [0.717, 1.165) is 11.2 Å². The Morgan fingerprint density at radius 3 is 2.71 bits per heavy atom. The molecule has 2 aromatic rings. The van der Waals surface area contributed by atoms with Crippen molar-refractivity contribution in [1.29, 1.82) is 0 Å². The molecular formula is C11H12N4O2. The van der Waals surface area contributed by atoms with Crippen molar-refractivity contribution in [2.24, 2.45) is 0 Å². The van der Waals surface area contributed by atoms with Crippen molar-refractivity contribution >= 4 is 5.97 Å². The van der Waals surface area contributed by atoms with E-state index in [1.165, 1.54) is 5.56 Å². The Bertz CT molecular complexity index is 495. The number of carboxylic acid groups (broad SMARTS) is 1. The molecule has 6 nitrogen and oxygen atoms in total. The molecule has 0 radical (unpaired) electrons. The average Bonchev–Trinajstić information content (AvgIpc) is 2.75. The van der Waals surface area contributed by atoms with Crippen LogP contribution >= 0.6 is 0 Å². The van der Waals surface area contributed by atoms with Gasteiger partial charge >= 0.3 is 5.97 Å². The van der Waals surface area contributed by atoms with Crippen LogP contribution in [0.4, 0.5) is 0 Å². The van der Waals surface area contributed by atoms with Crippen molar-refractivity contribution in [2.45, 2.75) is 19.4 Å². The normalized spacial score (nSPS) is 10.4. The molecule has 0 aliphatic carbocycles. The standard InChI is InChI=1S/C11H12N4O2/c16-11(17)8-15-13-10(12-14-15)7-6-9-4-2-1-3-5-9/h1-5H,6-8H2,(H,16,17). The summed E-state index contributed by atoms with van der Waals surface area (Å²) in [7, 11) is 0. The Kier molecular flexibility index (Phi) is 3.44. The van der Waals surface area contributed by atoms with Crippen LogP contribution in [0.5, 0.6) is 0 Å². The topological polar surface area (TPSA) is 80.9 Å². The van der Waals surface area contributed by atoms with E-state index in [1.807, 2.05) is 30.3 Å². The van der Waals surface area contributed by atoms with Crippen LogP contribution in [0.1, 0.15) is 11.4 Å². The van der Waals surface area contributed by atoms with E-state index in [1.54, 1.807) is 0 Å². The van der Waals surface area contributed by atoms with Crippen molar-refractivity contribution in [1.82, 2.24) is 20.2 Å². The zero-order valence-corrected chi connectivity index (χ0v) is 9.15. The fraction of sp³-hybridized carbons (Fsp3) is 0.273. The van der Waals surface area contributed by atoms with Gasteiger partial charge in [-0.05, 0) is 17.2 Å². The van der Waals surface area contributed by atoms with Gasteiger partial charge in [0.2, 0.25) is 0 Å². The first kappa shape index (κ1) is 11.3. The minimum atomic E-state index is -0.975. The molecule has 1 N–H and O–H groups in total. The van der Waals surface area contributed by atoms with Gasteiger partial charge in [-0.15, -0.1) is 10.2 Å². The van der Waals surface area contributed by atoms with E-state index in [4.69, 9.17) is 5.11 Å². The van der Waals surface area contributed by atoms with Gasteiger partial charge < -0.3 is 5.11 Å². The minimum absolute atomic E-state index is 0.252. The van der Waals surface area contributed by atoms with Crippen LogP contribution in [0.25, 0.3) is 0 Å². The molecule has 17 heavy (non-hydrogen) atoms. The Balaban J connectivity index is 1.91. The molecule has 0 saturated heterocycles. The van der Waals surface area contributed by atoms with Gasteiger partial charge in [-0.25, -0.2) is 0 Å². The van der Waals surface area contributed by atoms with Gasteiger partial charge in [-0.1, -0.05) is 30.3 Å². The van der Waals surface area contributed by atoms with E-state index in [9.17, 15) is 4.79 Å². The summed E-state index contributed by atoms with van der Waals surface area (Å²) in [6.45, 7) is -0.252. The second-order valence-electron chi connectivity index (χ2n) is 3.62. The Morgan fingerprint density at radius 2 is 2.00 bits per heavy atom. The summed E-state index contributed by atoms with van der Waals surface area (Å²) in [5, 5.41) is 20.0. The smallest absolute Gasteiger partial charge is 0.327 e. The summed E-state index contributed by atoms with van der Waals surface area (Å²) in [6, 6.07) is 9.97. The number of aliphatic carboxylic acids is 1. The molecule has 1 heterocycles. The molecule has 0 atom stereocenters. The van der Waals surface area contributed by atoms with Crippen molar-refractivity contribution in [3.05, 3.63) is 41.7 Å². The number of carboxylic acids is 1. The zero-order chi connectivity index (χ0) is 12.1. The third-order valence-corrected chi connectivity index (χ3v) is 2.25. The first-order valence-corrected chi connectivity index (χ1v) is 5.26. The Labute approximate surface area is 97.9 Å². The van der Waals surface area contributed by atoms with Crippen LogP contribution in [0.2, 0.25) is 0 Å². The predicted octanol–water partition coefficient (Wildman–Crippen LogP) is 0.543. The molecule has 0 unspecified atom stereocenters. The quantitative estimate of drug-likeness (QED) is 0.813. The van der Waals surface area contributed by atoms with Crippen molar-refractivity contribution < 1.29 is 9.90 Å². The fourth-order valence-electron chi connectivity index (χ4n) is 1.47. The third kappa shape index (κ3) is 3.37. The lowest BCUT2D eigenvalue weighted by atomic mass is 10.1. The number of rotatable bonds is 5. The van der Waals surface area contributed by atoms with Gasteiger partial charge in [-0.3, -0.25) is 4.79 Å². The molecule has 6 heteroatoms. The summed E-state index contributed by atoms with van der Waals surface area (Å²) in [5.41, 5.74) is 1.20. The number of tetrazole rings is 1. The second kappa shape index (κ2) is 5.20. The van der Waals surface area contributed by atoms with Crippen LogP contribution in [0.3, 0.4) is 0 Å². The summed E-state index contributed by atoms with van der Waals surface area (Å²) in [4.78, 5) is 11.5. The maximum atomic E-state index is 10.4. The summed E-state index contributed by atoms with van der Waals surface area (Å²) >= 11 is 0. The molecule has 0 aliphatic heterocycles. The Morgan fingerprint density at radius 1 is 1.24 bits per heavy atom. The predicted molar refractivity (Wildman–Crippen MR) is 59.3 cm³/mol. The van der Waals surface area contributed by atoms with Gasteiger partial charge in [-0.2, -0.15) is 4.80 Å². The van der Waals surface area contributed by atoms with Gasteiger partial charge in [0.05, 0.1) is 0 Å². The lowest BCUT2D eigenvalue weighted by Crippen LogP contribution is -2.11. The molecule has 0 aliphatic rings. The molecule has 0 fully saturated rings. The van der Waals surface area contributed by atoms with Crippen LogP contribution in [-0.4, -0.2) is 31.3 Å². The second-order valence-corrected chi connectivity index (χ2v) is 3.62. The average molecular weight is 232 g/mol. The molecule has 0 amide bonds. The molecule has 0 saturated carbocycles. The first-order chi connectivity index (χ1) is 8.24. The highest BCUT2D eigenvalue weighted by Gasteiger charge is 2.05. The SMILES string of the molecule is O=C(O)Cn1nnc(CCc2ccccc2)n1. The number of hydrogen-bond acceptors (Lipinski definition) is 4. The van der Waals surface area contributed by atoms with Crippen LogP contribution in [-0.2, 0) is 24.2 Å². The number of hydrogen-bond donors (Lipinski definition) is 1. The third-order valence-electron chi connectivity index (χ3n) is 2.25. The largest absolute Gasteiger partial charge is 0.480 e. The van der Waals surface area contributed by atoms with Crippen molar-refractivity contribution in [2.75, 3.05) is 0 Å². The summed E-state index contributed by atoms with van der Waals surface area (Å²) in [6.07, 6.45) is 1.48. The van der Waals surface area contributed by atoms with Gasteiger partial charge in [0.25, 0.3) is 0 Å². The summed E-state index contributed by atoms with van der Waals surface area (Å²) in [5.74, 6) is -0.410. The number of carbonyl (C=O) groups is 1. The van der Waals surface area contributed by atoms with E-state index in [0.29, 0.717) is 12.2 Å². The van der Waals surface area contributed by atoms with E-state index >= 15 is 0 Å². The molecular weight excluding hydrogens is 220 g/mol. The van der Waals surface area contributed by atoms with Crippen LogP contribution in [0, 0.1) is 0 Å².